The maximum Gasteiger partial charge on any atom is 0.0224 e. The van der Waals surface area contributed by atoms with Crippen LogP contribution in [0.3, 0.4) is 0 Å². The predicted octanol–water partition coefficient (Wildman–Crippen LogP) is 2.96. The highest BCUT2D eigenvalue weighted by Gasteiger charge is 2.35. The molecule has 0 aromatic rings. The minimum absolute atomic E-state index is 0.719. The van der Waals surface area contributed by atoms with Crippen LogP contribution in [0.5, 0.6) is 0 Å². The first-order valence-corrected chi connectivity index (χ1v) is 9.32. The van der Waals surface area contributed by atoms with Crippen LogP contribution in [-0.2, 0) is 0 Å². The standard InChI is InChI=1S/C18H37N3/c1-5-8-17(12-19-11-15(2)3)21-14-18-9-6-7-10-20(18)13-16(21)4/h15-19H,5-14H2,1-4H3. The number of rotatable bonds is 7. The van der Waals surface area contributed by atoms with Crippen molar-refractivity contribution < 1.29 is 0 Å². The number of fused-ring (bicyclic) bond motifs is 1. The highest BCUT2D eigenvalue weighted by atomic mass is 15.3. The molecule has 0 aromatic heterocycles. The van der Waals surface area contributed by atoms with E-state index in [1.165, 1.54) is 58.3 Å². The first-order chi connectivity index (χ1) is 10.1. The minimum Gasteiger partial charge on any atom is -0.315 e. The zero-order valence-electron chi connectivity index (χ0n) is 14.8. The molecule has 2 rings (SSSR count). The van der Waals surface area contributed by atoms with E-state index in [9.17, 15) is 0 Å². The van der Waals surface area contributed by atoms with E-state index in [0.717, 1.165) is 30.6 Å². The summed E-state index contributed by atoms with van der Waals surface area (Å²) in [6.07, 6.45) is 6.90. The summed E-state index contributed by atoms with van der Waals surface area (Å²) in [5.41, 5.74) is 0. The van der Waals surface area contributed by atoms with Gasteiger partial charge in [-0.15, -0.1) is 0 Å². The van der Waals surface area contributed by atoms with Gasteiger partial charge in [0.2, 0.25) is 0 Å². The summed E-state index contributed by atoms with van der Waals surface area (Å²) < 4.78 is 0. The summed E-state index contributed by atoms with van der Waals surface area (Å²) in [6.45, 7) is 15.6. The highest BCUT2D eigenvalue weighted by Crippen LogP contribution is 2.26. The van der Waals surface area contributed by atoms with E-state index in [2.05, 4.69) is 42.8 Å². The van der Waals surface area contributed by atoms with Crippen molar-refractivity contribution in [3.63, 3.8) is 0 Å². The summed E-state index contributed by atoms with van der Waals surface area (Å²) in [4.78, 5) is 5.58. The summed E-state index contributed by atoms with van der Waals surface area (Å²) in [5, 5.41) is 3.70. The van der Waals surface area contributed by atoms with Crippen molar-refractivity contribution in [3.8, 4) is 0 Å². The first kappa shape index (κ1) is 17.2. The SMILES string of the molecule is CCCC(CNCC(C)C)N1CC2CCCCN2CC1C. The second kappa shape index (κ2) is 8.50. The van der Waals surface area contributed by atoms with Crippen LogP contribution in [0.4, 0.5) is 0 Å². The maximum atomic E-state index is 3.70. The third-order valence-corrected chi connectivity index (χ3v) is 5.26. The molecule has 3 heteroatoms. The van der Waals surface area contributed by atoms with E-state index in [1.807, 2.05) is 0 Å². The van der Waals surface area contributed by atoms with Crippen molar-refractivity contribution in [2.24, 2.45) is 5.92 Å². The average Bonchev–Trinajstić information content (AvgIpc) is 2.45. The van der Waals surface area contributed by atoms with E-state index < -0.39 is 0 Å². The van der Waals surface area contributed by atoms with Crippen molar-refractivity contribution in [2.45, 2.75) is 77.9 Å². The first-order valence-electron chi connectivity index (χ1n) is 9.32. The Morgan fingerprint density at radius 2 is 1.95 bits per heavy atom. The summed E-state index contributed by atoms with van der Waals surface area (Å²) >= 11 is 0. The van der Waals surface area contributed by atoms with Crippen molar-refractivity contribution in [3.05, 3.63) is 0 Å². The number of nitrogens with zero attached hydrogens (tertiary/aromatic N) is 2. The van der Waals surface area contributed by atoms with E-state index in [4.69, 9.17) is 0 Å². The number of piperazine rings is 1. The molecule has 124 valence electrons. The van der Waals surface area contributed by atoms with Crippen molar-refractivity contribution in [2.75, 3.05) is 32.7 Å². The molecule has 0 amide bonds. The molecule has 3 nitrogen and oxygen atoms in total. The van der Waals surface area contributed by atoms with Crippen molar-refractivity contribution >= 4 is 0 Å². The third kappa shape index (κ3) is 4.94. The molecule has 3 atom stereocenters. The van der Waals surface area contributed by atoms with Crippen LogP contribution in [0, 0.1) is 5.92 Å². The molecule has 2 aliphatic rings. The Morgan fingerprint density at radius 1 is 1.14 bits per heavy atom. The van der Waals surface area contributed by atoms with Gasteiger partial charge in [-0.2, -0.15) is 0 Å². The minimum atomic E-state index is 0.719. The molecule has 2 saturated heterocycles. The highest BCUT2D eigenvalue weighted by molar-refractivity contribution is 4.92. The number of hydrogen-bond acceptors (Lipinski definition) is 3. The molecular weight excluding hydrogens is 258 g/mol. The van der Waals surface area contributed by atoms with Gasteiger partial charge in [0.1, 0.15) is 0 Å². The Morgan fingerprint density at radius 3 is 2.67 bits per heavy atom. The molecule has 3 unspecified atom stereocenters. The summed E-state index contributed by atoms with van der Waals surface area (Å²) in [5.74, 6) is 0.750. The summed E-state index contributed by atoms with van der Waals surface area (Å²) in [6, 6.07) is 2.28. The topological polar surface area (TPSA) is 18.5 Å². The molecule has 0 saturated carbocycles. The Labute approximate surface area is 132 Å². The van der Waals surface area contributed by atoms with Crippen LogP contribution in [-0.4, -0.2) is 60.6 Å². The van der Waals surface area contributed by atoms with Crippen LogP contribution in [0.1, 0.15) is 59.8 Å². The van der Waals surface area contributed by atoms with Gasteiger partial charge in [0.15, 0.2) is 0 Å². The molecule has 0 radical (unpaired) electrons. The van der Waals surface area contributed by atoms with Crippen LogP contribution in [0.25, 0.3) is 0 Å². The number of hydrogen-bond donors (Lipinski definition) is 1. The monoisotopic (exact) mass is 295 g/mol. The molecule has 1 N–H and O–H groups in total. The normalized spacial score (nSPS) is 29.6. The second-order valence-electron chi connectivity index (χ2n) is 7.68. The summed E-state index contributed by atoms with van der Waals surface area (Å²) in [7, 11) is 0. The van der Waals surface area contributed by atoms with Gasteiger partial charge in [0.05, 0.1) is 0 Å². The van der Waals surface area contributed by atoms with Gasteiger partial charge in [-0.25, -0.2) is 0 Å². The lowest BCUT2D eigenvalue weighted by Gasteiger charge is -2.50. The average molecular weight is 296 g/mol. The van der Waals surface area contributed by atoms with Crippen LogP contribution >= 0.6 is 0 Å². The number of piperidine rings is 1. The Balaban J connectivity index is 1.91. The molecule has 2 aliphatic heterocycles. The van der Waals surface area contributed by atoms with Gasteiger partial charge in [0, 0.05) is 37.8 Å². The fourth-order valence-corrected chi connectivity index (χ4v) is 4.14. The fraction of sp³-hybridized carbons (Fsp3) is 1.00. The van der Waals surface area contributed by atoms with Crippen LogP contribution in [0.2, 0.25) is 0 Å². The lowest BCUT2D eigenvalue weighted by Crippen LogP contribution is -2.62. The lowest BCUT2D eigenvalue weighted by atomic mass is 9.95. The van der Waals surface area contributed by atoms with Gasteiger partial charge < -0.3 is 5.32 Å². The second-order valence-corrected chi connectivity index (χ2v) is 7.68. The Hall–Kier alpha value is -0.120. The van der Waals surface area contributed by atoms with Crippen molar-refractivity contribution in [1.82, 2.24) is 15.1 Å². The maximum absolute atomic E-state index is 3.70. The molecule has 0 spiro atoms. The van der Waals surface area contributed by atoms with E-state index in [0.29, 0.717) is 0 Å². The van der Waals surface area contributed by atoms with E-state index in [-0.39, 0.29) is 0 Å². The Kier molecular flexibility index (Phi) is 6.97. The molecule has 0 bridgehead atoms. The van der Waals surface area contributed by atoms with Crippen LogP contribution < -0.4 is 5.32 Å². The Bertz CT molecular complexity index is 292. The van der Waals surface area contributed by atoms with Gasteiger partial charge >= 0.3 is 0 Å². The number of nitrogens with one attached hydrogen (secondary N) is 1. The predicted molar refractivity (Wildman–Crippen MR) is 91.8 cm³/mol. The lowest BCUT2D eigenvalue weighted by molar-refractivity contribution is -0.00968. The zero-order valence-corrected chi connectivity index (χ0v) is 14.8. The molecule has 0 aliphatic carbocycles. The largest absolute Gasteiger partial charge is 0.315 e. The van der Waals surface area contributed by atoms with Gasteiger partial charge in [-0.3, -0.25) is 9.80 Å². The smallest absolute Gasteiger partial charge is 0.0224 e. The fourth-order valence-electron chi connectivity index (χ4n) is 4.14. The zero-order chi connectivity index (χ0) is 15.2. The molecular formula is C18H37N3. The van der Waals surface area contributed by atoms with Crippen molar-refractivity contribution in [1.29, 1.82) is 0 Å². The van der Waals surface area contributed by atoms with Gasteiger partial charge in [0.25, 0.3) is 0 Å². The van der Waals surface area contributed by atoms with Crippen LogP contribution in [0.15, 0.2) is 0 Å². The molecule has 2 heterocycles. The third-order valence-electron chi connectivity index (χ3n) is 5.26. The molecule has 2 fully saturated rings. The van der Waals surface area contributed by atoms with Gasteiger partial charge in [-0.1, -0.05) is 33.6 Å². The van der Waals surface area contributed by atoms with E-state index >= 15 is 0 Å². The van der Waals surface area contributed by atoms with Gasteiger partial charge in [-0.05, 0) is 45.2 Å². The molecule has 21 heavy (non-hydrogen) atoms. The quantitative estimate of drug-likeness (QED) is 0.779. The molecule has 0 aromatic carbocycles. The van der Waals surface area contributed by atoms with E-state index in [1.54, 1.807) is 0 Å².